The average molecular weight is 306 g/mol. The third-order valence-corrected chi connectivity index (χ3v) is 3.99. The van der Waals surface area contributed by atoms with Gasteiger partial charge in [0.1, 0.15) is 5.75 Å². The molecule has 0 heterocycles. The summed E-state index contributed by atoms with van der Waals surface area (Å²) < 4.78 is 5.73. The van der Waals surface area contributed by atoms with Gasteiger partial charge in [0.15, 0.2) is 0 Å². The highest BCUT2D eigenvalue weighted by Crippen LogP contribution is 2.30. The second-order valence-corrected chi connectivity index (χ2v) is 6.07. The number of ether oxygens (including phenoxy) is 1. The Morgan fingerprint density at radius 1 is 1.36 bits per heavy atom. The van der Waals surface area contributed by atoms with Crippen molar-refractivity contribution in [3.63, 3.8) is 0 Å². The summed E-state index contributed by atoms with van der Waals surface area (Å²) in [6.07, 6.45) is 3.50. The number of carbonyl (C=O) groups excluding carboxylic acids is 1. The van der Waals surface area contributed by atoms with Crippen molar-refractivity contribution in [2.24, 2.45) is 0 Å². The zero-order valence-corrected chi connectivity index (χ0v) is 13.4. The largest absolute Gasteiger partial charge is 0.493 e. The fourth-order valence-corrected chi connectivity index (χ4v) is 2.40. The number of aryl methyl sites for hydroxylation is 1. The summed E-state index contributed by atoms with van der Waals surface area (Å²) in [5.74, 6) is 0.819. The maximum atomic E-state index is 11.8. The smallest absolute Gasteiger partial charge is 0.315 e. The highest BCUT2D eigenvalue weighted by atomic mass is 16.5. The van der Waals surface area contributed by atoms with Crippen LogP contribution in [0.15, 0.2) is 18.2 Å². The average Bonchev–Trinajstić information content (AvgIpc) is 2.48. The third kappa shape index (κ3) is 4.63. The van der Waals surface area contributed by atoms with E-state index in [2.05, 4.69) is 17.6 Å². The van der Waals surface area contributed by atoms with E-state index in [0.29, 0.717) is 19.7 Å². The first-order valence-corrected chi connectivity index (χ1v) is 7.99. The molecule has 0 spiro atoms. The number of rotatable bonds is 7. The van der Waals surface area contributed by atoms with Crippen molar-refractivity contribution in [3.8, 4) is 5.75 Å². The third-order valence-electron chi connectivity index (χ3n) is 3.99. The van der Waals surface area contributed by atoms with Gasteiger partial charge in [-0.15, -0.1) is 0 Å². The molecule has 0 unspecified atom stereocenters. The van der Waals surface area contributed by atoms with Crippen LogP contribution in [0, 0.1) is 6.92 Å². The molecule has 1 aromatic carbocycles. The monoisotopic (exact) mass is 306 g/mol. The molecule has 0 saturated heterocycles. The summed E-state index contributed by atoms with van der Waals surface area (Å²) in [6.45, 7) is 5.46. The molecular formula is C17H26N2O3. The molecule has 1 aromatic rings. The Labute approximate surface area is 132 Å². The molecule has 0 atom stereocenters. The standard InChI is InChI=1S/C17H26N2O3/c1-3-9-22-15-10-13(2)5-6-14(15)11-18-16(20)19-12-17(21)7-4-8-17/h5-6,10,21H,3-4,7-9,11-12H2,1-2H3,(H2,18,19,20). The maximum Gasteiger partial charge on any atom is 0.315 e. The topological polar surface area (TPSA) is 70.6 Å². The van der Waals surface area contributed by atoms with Crippen molar-refractivity contribution >= 4 is 6.03 Å². The Balaban J connectivity index is 1.83. The number of hydrogen-bond acceptors (Lipinski definition) is 3. The molecule has 22 heavy (non-hydrogen) atoms. The minimum Gasteiger partial charge on any atom is -0.493 e. The second-order valence-electron chi connectivity index (χ2n) is 6.07. The first-order valence-electron chi connectivity index (χ1n) is 7.99. The van der Waals surface area contributed by atoms with Gasteiger partial charge in [0.2, 0.25) is 0 Å². The maximum absolute atomic E-state index is 11.8. The van der Waals surface area contributed by atoms with E-state index in [-0.39, 0.29) is 6.03 Å². The van der Waals surface area contributed by atoms with Gasteiger partial charge < -0.3 is 20.5 Å². The zero-order valence-electron chi connectivity index (χ0n) is 13.4. The molecule has 0 radical (unpaired) electrons. The molecule has 2 rings (SSSR count). The van der Waals surface area contributed by atoms with E-state index in [9.17, 15) is 9.90 Å². The van der Waals surface area contributed by atoms with Gasteiger partial charge in [-0.3, -0.25) is 0 Å². The molecule has 1 fully saturated rings. The number of nitrogens with one attached hydrogen (secondary N) is 2. The molecule has 0 aliphatic heterocycles. The zero-order chi connectivity index (χ0) is 16.0. The van der Waals surface area contributed by atoms with Gasteiger partial charge in [-0.2, -0.15) is 0 Å². The molecule has 3 N–H and O–H groups in total. The Hall–Kier alpha value is -1.75. The predicted molar refractivity (Wildman–Crippen MR) is 86.0 cm³/mol. The fraction of sp³-hybridized carbons (Fsp3) is 0.588. The summed E-state index contributed by atoms with van der Waals surface area (Å²) in [7, 11) is 0. The molecule has 1 aliphatic rings. The Kier molecular flexibility index (Phi) is 5.66. The minimum atomic E-state index is -0.698. The van der Waals surface area contributed by atoms with Crippen molar-refractivity contribution in [1.82, 2.24) is 10.6 Å². The summed E-state index contributed by atoms with van der Waals surface area (Å²) in [5, 5.41) is 15.5. The Morgan fingerprint density at radius 2 is 2.14 bits per heavy atom. The van der Waals surface area contributed by atoms with Gasteiger partial charge in [-0.1, -0.05) is 19.1 Å². The van der Waals surface area contributed by atoms with Gasteiger partial charge in [0, 0.05) is 18.7 Å². The van der Waals surface area contributed by atoms with E-state index in [1.165, 1.54) is 0 Å². The molecule has 0 bridgehead atoms. The minimum absolute atomic E-state index is 0.262. The number of urea groups is 1. The van der Waals surface area contributed by atoms with E-state index >= 15 is 0 Å². The molecule has 2 amide bonds. The van der Waals surface area contributed by atoms with E-state index in [0.717, 1.165) is 42.6 Å². The number of amides is 2. The van der Waals surface area contributed by atoms with Gasteiger partial charge >= 0.3 is 6.03 Å². The lowest BCUT2D eigenvalue weighted by molar-refractivity contribution is -0.0290. The van der Waals surface area contributed by atoms with Crippen molar-refractivity contribution in [2.75, 3.05) is 13.2 Å². The van der Waals surface area contributed by atoms with Gasteiger partial charge in [0.25, 0.3) is 0 Å². The molecule has 0 aromatic heterocycles. The van der Waals surface area contributed by atoms with E-state index < -0.39 is 5.60 Å². The van der Waals surface area contributed by atoms with Crippen LogP contribution in [-0.4, -0.2) is 29.9 Å². The van der Waals surface area contributed by atoms with Crippen LogP contribution in [0.5, 0.6) is 5.75 Å². The van der Waals surface area contributed by atoms with Gasteiger partial charge in [-0.05, 0) is 44.2 Å². The van der Waals surface area contributed by atoms with Gasteiger partial charge in [0.05, 0.1) is 12.2 Å². The van der Waals surface area contributed by atoms with Crippen LogP contribution in [0.2, 0.25) is 0 Å². The van der Waals surface area contributed by atoms with Crippen LogP contribution >= 0.6 is 0 Å². The number of hydrogen-bond donors (Lipinski definition) is 3. The van der Waals surface area contributed by atoms with Crippen LogP contribution in [-0.2, 0) is 6.54 Å². The van der Waals surface area contributed by atoms with E-state index in [1.54, 1.807) is 0 Å². The normalized spacial score (nSPS) is 15.8. The van der Waals surface area contributed by atoms with Crippen LogP contribution in [0.4, 0.5) is 4.79 Å². The predicted octanol–water partition coefficient (Wildman–Crippen LogP) is 2.50. The summed E-state index contributed by atoms with van der Waals surface area (Å²) in [5.41, 5.74) is 1.39. The van der Waals surface area contributed by atoms with Crippen LogP contribution in [0.25, 0.3) is 0 Å². The lowest BCUT2D eigenvalue weighted by atomic mass is 9.80. The van der Waals surface area contributed by atoms with Crippen LogP contribution < -0.4 is 15.4 Å². The first kappa shape index (κ1) is 16.6. The van der Waals surface area contributed by atoms with Crippen molar-refractivity contribution < 1.29 is 14.6 Å². The van der Waals surface area contributed by atoms with Crippen molar-refractivity contribution in [1.29, 1.82) is 0 Å². The molecular weight excluding hydrogens is 280 g/mol. The summed E-state index contributed by atoms with van der Waals surface area (Å²) >= 11 is 0. The SMILES string of the molecule is CCCOc1cc(C)ccc1CNC(=O)NCC1(O)CCC1. The highest BCUT2D eigenvalue weighted by molar-refractivity contribution is 5.74. The second kappa shape index (κ2) is 7.49. The summed E-state index contributed by atoms with van der Waals surface area (Å²) in [6, 6.07) is 5.70. The summed E-state index contributed by atoms with van der Waals surface area (Å²) in [4.78, 5) is 11.8. The number of carbonyl (C=O) groups is 1. The van der Waals surface area contributed by atoms with Crippen LogP contribution in [0.3, 0.4) is 0 Å². The number of aliphatic hydroxyl groups is 1. The first-order chi connectivity index (χ1) is 10.5. The van der Waals surface area contributed by atoms with Crippen molar-refractivity contribution in [2.45, 2.75) is 51.7 Å². The Bertz CT molecular complexity index is 513. The molecule has 122 valence electrons. The molecule has 5 heteroatoms. The number of benzene rings is 1. The Morgan fingerprint density at radius 3 is 2.77 bits per heavy atom. The van der Waals surface area contributed by atoms with Crippen molar-refractivity contribution in [3.05, 3.63) is 29.3 Å². The van der Waals surface area contributed by atoms with E-state index in [1.807, 2.05) is 25.1 Å². The van der Waals surface area contributed by atoms with Crippen LogP contribution in [0.1, 0.15) is 43.7 Å². The van der Waals surface area contributed by atoms with Gasteiger partial charge in [-0.25, -0.2) is 4.79 Å². The molecule has 1 aliphatic carbocycles. The highest BCUT2D eigenvalue weighted by Gasteiger charge is 2.34. The quantitative estimate of drug-likeness (QED) is 0.725. The lowest BCUT2D eigenvalue weighted by Gasteiger charge is -2.36. The molecule has 1 saturated carbocycles. The fourth-order valence-electron chi connectivity index (χ4n) is 2.40. The van der Waals surface area contributed by atoms with E-state index in [4.69, 9.17) is 4.74 Å². The molecule has 5 nitrogen and oxygen atoms in total. The lowest BCUT2D eigenvalue weighted by Crippen LogP contribution is -2.49.